The Labute approximate surface area is 166 Å². The Balaban J connectivity index is 2.08. The molecule has 0 aliphatic heterocycles. The highest BCUT2D eigenvalue weighted by atomic mass is 19.1. The lowest BCUT2D eigenvalue weighted by atomic mass is 10.0. The van der Waals surface area contributed by atoms with Crippen molar-refractivity contribution >= 4 is 16.9 Å². The van der Waals surface area contributed by atoms with Crippen molar-refractivity contribution in [3.8, 4) is 11.1 Å². The maximum atomic E-state index is 13.8. The smallest absolute Gasteiger partial charge is 0.353 e. The highest BCUT2D eigenvalue weighted by molar-refractivity contribution is 6.08. The number of nitrogens with one attached hydrogen (secondary N) is 1. The van der Waals surface area contributed by atoms with Crippen LogP contribution in [0.1, 0.15) is 27.2 Å². The number of nitrogens with zero attached hydrogens (tertiary/aromatic N) is 1. The number of carbonyl (C=O) groups is 1. The number of aromatic amines is 1. The Morgan fingerprint density at radius 1 is 1.14 bits per heavy atom. The maximum absolute atomic E-state index is 13.8. The zero-order chi connectivity index (χ0) is 20.7. The Bertz CT molecular complexity index is 1320. The van der Waals surface area contributed by atoms with Crippen molar-refractivity contribution in [2.24, 2.45) is 0 Å². The van der Waals surface area contributed by atoms with Crippen LogP contribution in [-0.2, 0) is 6.54 Å². The van der Waals surface area contributed by atoms with Crippen LogP contribution in [0, 0.1) is 19.7 Å². The van der Waals surface area contributed by atoms with E-state index in [1.807, 2.05) is 32.0 Å². The van der Waals surface area contributed by atoms with E-state index >= 15 is 0 Å². The van der Waals surface area contributed by atoms with Gasteiger partial charge in [-0.1, -0.05) is 17.7 Å². The Kier molecular flexibility index (Phi) is 4.54. The summed E-state index contributed by atoms with van der Waals surface area (Å²) >= 11 is 0. The highest BCUT2D eigenvalue weighted by Crippen LogP contribution is 2.35. The van der Waals surface area contributed by atoms with Crippen molar-refractivity contribution in [2.45, 2.75) is 20.4 Å². The van der Waals surface area contributed by atoms with Gasteiger partial charge >= 0.3 is 5.97 Å². The molecule has 6 heteroatoms. The van der Waals surface area contributed by atoms with Gasteiger partial charge < -0.3 is 14.7 Å². The molecule has 29 heavy (non-hydrogen) atoms. The fraction of sp³-hybridized carbons (Fsp3) is 0.130. The molecule has 0 fully saturated rings. The van der Waals surface area contributed by atoms with Crippen LogP contribution in [0.4, 0.5) is 4.39 Å². The van der Waals surface area contributed by atoms with Gasteiger partial charge in [0.05, 0.1) is 0 Å². The van der Waals surface area contributed by atoms with Crippen molar-refractivity contribution in [3.05, 3.63) is 93.3 Å². The summed E-state index contributed by atoms with van der Waals surface area (Å²) in [4.78, 5) is 27.4. The zero-order valence-electron chi connectivity index (χ0n) is 16.0. The summed E-state index contributed by atoms with van der Waals surface area (Å²) in [6.07, 6.45) is 1.51. The molecule has 0 aliphatic rings. The lowest BCUT2D eigenvalue weighted by Gasteiger charge is -2.12. The average molecular weight is 390 g/mol. The molecular formula is C23H19FN2O3. The van der Waals surface area contributed by atoms with Crippen LogP contribution in [0.15, 0.2) is 59.5 Å². The fourth-order valence-corrected chi connectivity index (χ4v) is 3.73. The summed E-state index contributed by atoms with van der Waals surface area (Å²) in [6, 6.07) is 13.3. The maximum Gasteiger partial charge on any atom is 0.353 e. The minimum Gasteiger partial charge on any atom is -0.477 e. The number of fused-ring (bicyclic) bond motifs is 1. The van der Waals surface area contributed by atoms with E-state index in [1.165, 1.54) is 18.3 Å². The first-order chi connectivity index (χ1) is 13.9. The fourth-order valence-electron chi connectivity index (χ4n) is 3.73. The second-order valence-electron chi connectivity index (χ2n) is 7.12. The third-order valence-corrected chi connectivity index (χ3v) is 5.15. The lowest BCUT2D eigenvalue weighted by Crippen LogP contribution is -2.14. The van der Waals surface area contributed by atoms with Gasteiger partial charge in [-0.2, -0.15) is 0 Å². The molecule has 0 amide bonds. The summed E-state index contributed by atoms with van der Waals surface area (Å²) in [7, 11) is 0. The van der Waals surface area contributed by atoms with E-state index < -0.39 is 5.97 Å². The normalized spacial score (nSPS) is 11.1. The summed E-state index contributed by atoms with van der Waals surface area (Å²) in [6.45, 7) is 3.94. The summed E-state index contributed by atoms with van der Waals surface area (Å²) in [5, 5.41) is 10.7. The van der Waals surface area contributed by atoms with E-state index in [9.17, 15) is 19.1 Å². The predicted octanol–water partition coefficient (Wildman–Crippen LogP) is 4.50. The van der Waals surface area contributed by atoms with E-state index in [0.717, 1.165) is 11.1 Å². The Morgan fingerprint density at radius 3 is 2.66 bits per heavy atom. The molecular weight excluding hydrogens is 371 g/mol. The molecule has 0 bridgehead atoms. The van der Waals surface area contributed by atoms with E-state index in [0.29, 0.717) is 22.0 Å². The van der Waals surface area contributed by atoms with Gasteiger partial charge in [-0.15, -0.1) is 0 Å². The standard InChI is InChI=1S/C23H19FN2O3/c1-13-5-8-19-18(10-13)20(17-4-3-9-25-22(17)27)21(23(28)29)26(19)12-15-11-16(24)7-6-14(15)2/h3-11H,12H2,1-2H3,(H,25,27)(H,28,29). The van der Waals surface area contributed by atoms with Gasteiger partial charge in [0.25, 0.3) is 5.56 Å². The number of H-pyrrole nitrogens is 1. The lowest BCUT2D eigenvalue weighted by molar-refractivity contribution is 0.0687. The van der Waals surface area contributed by atoms with Crippen molar-refractivity contribution in [1.82, 2.24) is 9.55 Å². The second kappa shape index (κ2) is 7.05. The first-order valence-corrected chi connectivity index (χ1v) is 9.16. The second-order valence-corrected chi connectivity index (χ2v) is 7.12. The summed E-state index contributed by atoms with van der Waals surface area (Å²) in [5.74, 6) is -1.53. The predicted molar refractivity (Wildman–Crippen MR) is 110 cm³/mol. The Hall–Kier alpha value is -3.67. The van der Waals surface area contributed by atoms with Gasteiger partial charge in [-0.25, -0.2) is 9.18 Å². The van der Waals surface area contributed by atoms with Gasteiger partial charge in [0.2, 0.25) is 0 Å². The van der Waals surface area contributed by atoms with E-state index in [4.69, 9.17) is 0 Å². The largest absolute Gasteiger partial charge is 0.477 e. The first-order valence-electron chi connectivity index (χ1n) is 9.16. The van der Waals surface area contributed by atoms with Gasteiger partial charge in [0.15, 0.2) is 0 Å². The van der Waals surface area contributed by atoms with Crippen LogP contribution in [0.2, 0.25) is 0 Å². The topological polar surface area (TPSA) is 75.1 Å². The van der Waals surface area contributed by atoms with Gasteiger partial charge in [-0.3, -0.25) is 4.79 Å². The molecule has 0 atom stereocenters. The summed E-state index contributed by atoms with van der Waals surface area (Å²) < 4.78 is 15.5. The molecule has 4 rings (SSSR count). The quantitative estimate of drug-likeness (QED) is 0.539. The Morgan fingerprint density at radius 2 is 1.93 bits per heavy atom. The van der Waals surface area contributed by atoms with E-state index in [-0.39, 0.29) is 29.2 Å². The van der Waals surface area contributed by atoms with E-state index in [1.54, 1.807) is 22.8 Å². The minimum atomic E-state index is -1.15. The average Bonchev–Trinajstić information content (AvgIpc) is 2.98. The zero-order valence-corrected chi connectivity index (χ0v) is 16.0. The van der Waals surface area contributed by atoms with Crippen LogP contribution < -0.4 is 5.56 Å². The van der Waals surface area contributed by atoms with E-state index in [2.05, 4.69) is 4.98 Å². The molecule has 2 aromatic carbocycles. The monoisotopic (exact) mass is 390 g/mol. The van der Waals surface area contributed by atoms with Crippen molar-refractivity contribution in [2.75, 3.05) is 0 Å². The van der Waals surface area contributed by atoms with Crippen LogP contribution in [-0.4, -0.2) is 20.6 Å². The first kappa shape index (κ1) is 18.7. The molecule has 0 spiro atoms. The number of carboxylic acid groups (broad SMARTS) is 1. The van der Waals surface area contributed by atoms with Gasteiger partial charge in [0.1, 0.15) is 11.5 Å². The molecule has 146 valence electrons. The molecule has 4 aromatic rings. The number of aromatic nitrogens is 2. The molecule has 0 saturated heterocycles. The van der Waals surface area contributed by atoms with Crippen molar-refractivity contribution in [3.63, 3.8) is 0 Å². The molecule has 0 aliphatic carbocycles. The number of hydrogen-bond acceptors (Lipinski definition) is 2. The number of carboxylic acids is 1. The number of rotatable bonds is 4. The minimum absolute atomic E-state index is 0.00552. The molecule has 0 unspecified atom stereocenters. The number of hydrogen-bond donors (Lipinski definition) is 2. The molecule has 2 N–H and O–H groups in total. The highest BCUT2D eigenvalue weighted by Gasteiger charge is 2.25. The van der Waals surface area contributed by atoms with Crippen LogP contribution in [0.3, 0.4) is 0 Å². The molecule has 0 radical (unpaired) electrons. The summed E-state index contributed by atoms with van der Waals surface area (Å²) in [5.41, 5.74) is 3.46. The van der Waals surface area contributed by atoms with Gasteiger partial charge in [0, 0.05) is 34.8 Å². The van der Waals surface area contributed by atoms with Crippen LogP contribution in [0.5, 0.6) is 0 Å². The third-order valence-electron chi connectivity index (χ3n) is 5.15. The molecule has 5 nitrogen and oxygen atoms in total. The molecule has 0 saturated carbocycles. The van der Waals surface area contributed by atoms with Crippen molar-refractivity contribution in [1.29, 1.82) is 0 Å². The number of aryl methyl sites for hydroxylation is 2. The number of benzene rings is 2. The SMILES string of the molecule is Cc1ccc2c(c1)c(-c1ccc[nH]c1=O)c(C(=O)O)n2Cc1cc(F)ccc1C. The van der Waals surface area contributed by atoms with Crippen molar-refractivity contribution < 1.29 is 14.3 Å². The van der Waals surface area contributed by atoms with Gasteiger partial charge in [-0.05, 0) is 61.4 Å². The number of pyridine rings is 1. The van der Waals surface area contributed by atoms with Crippen LogP contribution >= 0.6 is 0 Å². The van der Waals surface area contributed by atoms with Crippen LogP contribution in [0.25, 0.3) is 22.0 Å². The third kappa shape index (κ3) is 3.23. The number of halogens is 1. The molecule has 2 aromatic heterocycles. The molecule has 2 heterocycles. The number of aromatic carboxylic acids is 1.